The minimum Gasteiger partial charge on any atom is -0.462 e. The lowest BCUT2D eigenvalue weighted by Gasteiger charge is -2.22. The molecule has 0 amide bonds. The van der Waals surface area contributed by atoms with Gasteiger partial charge < -0.3 is 43.0 Å². The van der Waals surface area contributed by atoms with Crippen LogP contribution in [0.15, 0.2) is 72.8 Å². The van der Waals surface area contributed by atoms with Gasteiger partial charge >= 0.3 is 11.9 Å². The van der Waals surface area contributed by atoms with E-state index in [0.717, 1.165) is 58.5 Å². The quantitative estimate of drug-likeness (QED) is 0.0780. The maximum atomic E-state index is 12.2. The van der Waals surface area contributed by atoms with Gasteiger partial charge in [0.25, 0.3) is 0 Å². The highest BCUT2D eigenvalue weighted by Gasteiger charge is 2.15. The summed E-state index contributed by atoms with van der Waals surface area (Å²) in [5.74, 6) is -0.612. The minimum atomic E-state index is -0.312. The number of ether oxygens (including phenoxy) is 8. The first-order valence-corrected chi connectivity index (χ1v) is 18.1. The van der Waals surface area contributed by atoms with Gasteiger partial charge in [-0.25, -0.2) is 9.59 Å². The molecular weight excluding hydrogens is 668 g/mol. The van der Waals surface area contributed by atoms with Crippen molar-refractivity contribution in [3.05, 3.63) is 95.1 Å². The van der Waals surface area contributed by atoms with Crippen LogP contribution in [-0.4, -0.2) is 96.0 Å². The monoisotopic (exact) mass is 720 g/mol. The second-order valence-electron chi connectivity index (χ2n) is 11.8. The van der Waals surface area contributed by atoms with Crippen LogP contribution in [-0.2, 0) is 51.1 Å². The van der Waals surface area contributed by atoms with E-state index in [1.807, 2.05) is 60.7 Å². The topological polar surface area (TPSA) is 128 Å². The Kier molecular flexibility index (Phi) is 18.5. The predicted molar refractivity (Wildman–Crippen MR) is 197 cm³/mol. The van der Waals surface area contributed by atoms with Gasteiger partial charge in [0, 0.05) is 6.61 Å². The molecule has 1 heterocycles. The van der Waals surface area contributed by atoms with Gasteiger partial charge in [-0.2, -0.15) is 0 Å². The average molecular weight is 721 g/mol. The van der Waals surface area contributed by atoms with Crippen LogP contribution in [0.25, 0.3) is 21.5 Å². The summed E-state index contributed by atoms with van der Waals surface area (Å²) < 4.78 is 43.5. The Balaban J connectivity index is 0.000000239. The average Bonchev–Trinajstić information content (AvgIpc) is 3.18. The highest BCUT2D eigenvalue weighted by molar-refractivity contribution is 6.06. The van der Waals surface area contributed by atoms with Crippen molar-refractivity contribution in [3.8, 4) is 0 Å². The minimum absolute atomic E-state index is 0.0138. The van der Waals surface area contributed by atoms with Crippen LogP contribution in [0.1, 0.15) is 65.0 Å². The fraction of sp³-hybridized carbons (Fsp3) is 0.463. The SMILES string of the molecule is CCOC(=O)c1ccc(COCCOCCO)c2ccccc12.CCOC(=O)c1ccc(COCCOCCOC2CCCCO2)c2ccccc12. The van der Waals surface area contributed by atoms with Crippen molar-refractivity contribution in [2.75, 3.05) is 72.7 Å². The smallest absolute Gasteiger partial charge is 0.338 e. The third kappa shape index (κ3) is 12.9. The molecule has 0 radical (unpaired) electrons. The van der Waals surface area contributed by atoms with Crippen molar-refractivity contribution >= 4 is 33.5 Å². The fourth-order valence-electron chi connectivity index (χ4n) is 5.70. The molecule has 11 heteroatoms. The molecule has 1 N–H and O–H groups in total. The second kappa shape index (κ2) is 23.6. The van der Waals surface area contributed by atoms with Crippen LogP contribution in [0.4, 0.5) is 0 Å². The van der Waals surface area contributed by atoms with E-state index in [1.165, 1.54) is 0 Å². The highest BCUT2D eigenvalue weighted by atomic mass is 16.7. The van der Waals surface area contributed by atoms with Crippen molar-refractivity contribution in [3.63, 3.8) is 0 Å². The molecule has 0 aliphatic carbocycles. The molecule has 0 spiro atoms. The summed E-state index contributed by atoms with van der Waals surface area (Å²) in [6, 6.07) is 22.9. The zero-order valence-corrected chi connectivity index (χ0v) is 30.3. The number of rotatable bonds is 20. The van der Waals surface area contributed by atoms with Crippen LogP contribution in [0.5, 0.6) is 0 Å². The van der Waals surface area contributed by atoms with Crippen molar-refractivity contribution in [2.45, 2.75) is 52.6 Å². The van der Waals surface area contributed by atoms with E-state index in [2.05, 4.69) is 0 Å². The summed E-state index contributed by atoms with van der Waals surface area (Å²) in [5, 5.41) is 12.3. The zero-order valence-electron chi connectivity index (χ0n) is 30.3. The molecule has 4 aromatic rings. The first kappa shape index (κ1) is 40.8. The van der Waals surface area contributed by atoms with Crippen LogP contribution in [0.3, 0.4) is 0 Å². The Hall–Kier alpha value is -3.94. The second-order valence-corrected chi connectivity index (χ2v) is 11.8. The van der Waals surface area contributed by atoms with Gasteiger partial charge in [0.15, 0.2) is 6.29 Å². The number of hydrogen-bond acceptors (Lipinski definition) is 11. The highest BCUT2D eigenvalue weighted by Crippen LogP contribution is 2.26. The molecule has 0 saturated carbocycles. The van der Waals surface area contributed by atoms with Crippen LogP contribution in [0, 0.1) is 0 Å². The number of aliphatic hydroxyl groups is 1. The molecule has 282 valence electrons. The summed E-state index contributed by atoms with van der Waals surface area (Å²) in [6.07, 6.45) is 3.17. The van der Waals surface area contributed by atoms with E-state index in [-0.39, 0.29) is 24.8 Å². The Morgan fingerprint density at radius 2 is 1.10 bits per heavy atom. The van der Waals surface area contributed by atoms with Gasteiger partial charge in [-0.3, -0.25) is 0 Å². The van der Waals surface area contributed by atoms with Gasteiger partial charge in [-0.05, 0) is 77.9 Å². The summed E-state index contributed by atoms with van der Waals surface area (Å²) in [4.78, 5) is 24.2. The van der Waals surface area contributed by atoms with Gasteiger partial charge in [0.1, 0.15) is 0 Å². The molecule has 52 heavy (non-hydrogen) atoms. The van der Waals surface area contributed by atoms with Crippen LogP contribution >= 0.6 is 0 Å². The van der Waals surface area contributed by atoms with Crippen molar-refractivity contribution in [2.24, 2.45) is 0 Å². The van der Waals surface area contributed by atoms with E-state index in [9.17, 15) is 9.59 Å². The number of benzene rings is 4. The van der Waals surface area contributed by atoms with E-state index < -0.39 is 0 Å². The Morgan fingerprint density at radius 1 is 0.615 bits per heavy atom. The molecule has 1 saturated heterocycles. The molecule has 5 rings (SSSR count). The fourth-order valence-corrected chi connectivity index (χ4v) is 5.70. The molecule has 4 aromatic carbocycles. The first-order chi connectivity index (χ1) is 25.6. The lowest BCUT2D eigenvalue weighted by atomic mass is 10.00. The van der Waals surface area contributed by atoms with Crippen LogP contribution in [0.2, 0.25) is 0 Å². The lowest BCUT2D eigenvalue weighted by molar-refractivity contribution is -0.169. The van der Waals surface area contributed by atoms with E-state index >= 15 is 0 Å². The van der Waals surface area contributed by atoms with Crippen molar-refractivity contribution in [1.82, 2.24) is 0 Å². The standard InChI is InChI=1S/C23H30O6.C18H22O5/c1-2-27-23(24)21-11-10-18(19-7-3-4-8-20(19)21)17-26-14-13-25-15-16-29-22-9-5-6-12-28-22;1-2-23-18(20)17-8-7-14(13-22-12-11-21-10-9-19)15-5-3-4-6-16(15)17/h3-4,7-8,10-11,22H,2,5-6,9,12-17H2,1H3;3-8,19H,2,9-13H2,1H3. The number of carbonyl (C=O) groups excluding carboxylic acids is 2. The van der Waals surface area contributed by atoms with Gasteiger partial charge in [0.2, 0.25) is 0 Å². The number of carbonyl (C=O) groups is 2. The summed E-state index contributed by atoms with van der Waals surface area (Å²) in [6.45, 7) is 9.28. The largest absolute Gasteiger partial charge is 0.462 e. The molecule has 1 unspecified atom stereocenters. The van der Waals surface area contributed by atoms with Gasteiger partial charge in [0.05, 0.1) is 90.4 Å². The molecule has 1 atom stereocenters. The Bertz CT molecular complexity index is 1650. The number of aliphatic hydroxyl groups excluding tert-OH is 1. The van der Waals surface area contributed by atoms with Crippen LogP contribution < -0.4 is 0 Å². The van der Waals surface area contributed by atoms with Crippen molar-refractivity contribution < 1.29 is 52.6 Å². The van der Waals surface area contributed by atoms with E-state index in [1.54, 1.807) is 26.0 Å². The molecule has 1 aliphatic rings. The summed E-state index contributed by atoms with van der Waals surface area (Å²) in [5.41, 5.74) is 3.19. The van der Waals surface area contributed by atoms with Crippen molar-refractivity contribution in [1.29, 1.82) is 0 Å². The summed E-state index contributed by atoms with van der Waals surface area (Å²) in [7, 11) is 0. The Morgan fingerprint density at radius 3 is 1.58 bits per heavy atom. The molecule has 1 aliphatic heterocycles. The van der Waals surface area contributed by atoms with Gasteiger partial charge in [-0.15, -0.1) is 0 Å². The maximum absolute atomic E-state index is 12.2. The maximum Gasteiger partial charge on any atom is 0.338 e. The predicted octanol–water partition coefficient (Wildman–Crippen LogP) is 6.63. The first-order valence-electron chi connectivity index (χ1n) is 18.1. The van der Waals surface area contributed by atoms with E-state index in [4.69, 9.17) is 43.0 Å². The molecule has 0 aromatic heterocycles. The number of fused-ring (bicyclic) bond motifs is 2. The Labute approximate surface area is 306 Å². The molecular formula is C41H52O11. The number of hydrogen-bond donors (Lipinski definition) is 1. The lowest BCUT2D eigenvalue weighted by Crippen LogP contribution is -2.24. The third-order valence-corrected chi connectivity index (χ3v) is 8.18. The zero-order chi connectivity index (χ0) is 36.8. The summed E-state index contributed by atoms with van der Waals surface area (Å²) >= 11 is 0. The van der Waals surface area contributed by atoms with E-state index in [0.29, 0.717) is 83.8 Å². The molecule has 11 nitrogen and oxygen atoms in total. The third-order valence-electron chi connectivity index (χ3n) is 8.18. The molecule has 1 fully saturated rings. The number of esters is 2. The molecule has 0 bridgehead atoms. The van der Waals surface area contributed by atoms with Gasteiger partial charge in [-0.1, -0.05) is 60.7 Å². The normalized spacial score (nSPS) is 14.2.